The maximum absolute atomic E-state index is 11.3. The number of benzene rings is 2. The molecule has 0 atom stereocenters. The Morgan fingerprint density at radius 2 is 1.95 bits per heavy atom. The average molecular weight is 352 g/mol. The van der Waals surface area contributed by atoms with Crippen LogP contribution in [0.5, 0.6) is 5.75 Å². The Labute approximate surface area is 130 Å². The second-order valence-corrected chi connectivity index (χ2v) is 6.15. The normalized spacial score (nSPS) is 10.3. The predicted octanol–water partition coefficient (Wildman–Crippen LogP) is 4.39. The number of rotatable bonds is 4. The van der Waals surface area contributed by atoms with Gasteiger partial charge in [-0.1, -0.05) is 17.8 Å². The van der Waals surface area contributed by atoms with E-state index in [-0.39, 0.29) is 5.78 Å². The number of nitrogens with two attached hydrogens (primary N) is 1. The van der Waals surface area contributed by atoms with Gasteiger partial charge in [0.2, 0.25) is 0 Å². The van der Waals surface area contributed by atoms with Gasteiger partial charge in [0.25, 0.3) is 0 Å². The molecule has 0 spiro atoms. The summed E-state index contributed by atoms with van der Waals surface area (Å²) in [6.07, 6.45) is 0. The van der Waals surface area contributed by atoms with Crippen LogP contribution in [0.4, 0.5) is 5.69 Å². The Hall–Kier alpha value is -1.46. The molecule has 0 aliphatic rings. The minimum atomic E-state index is 0.0100. The number of nitrogen functional groups attached to an aromatic ring is 1. The number of anilines is 1. The van der Waals surface area contributed by atoms with Crippen LogP contribution in [0.25, 0.3) is 0 Å². The van der Waals surface area contributed by atoms with Crippen LogP contribution in [0, 0.1) is 0 Å². The van der Waals surface area contributed by atoms with Gasteiger partial charge in [-0.3, -0.25) is 4.79 Å². The molecule has 0 aromatic heterocycles. The van der Waals surface area contributed by atoms with Crippen LogP contribution in [0.15, 0.2) is 50.7 Å². The van der Waals surface area contributed by atoms with Crippen molar-refractivity contribution in [1.82, 2.24) is 0 Å². The number of Topliss-reactive ketones (excluding diaryl/α,β-unsaturated/α-hetero) is 1. The zero-order valence-electron chi connectivity index (χ0n) is 11.1. The fraction of sp³-hybridized carbons (Fsp3) is 0.133. The van der Waals surface area contributed by atoms with Crippen molar-refractivity contribution in [3.8, 4) is 5.75 Å². The van der Waals surface area contributed by atoms with Gasteiger partial charge in [0.1, 0.15) is 5.75 Å². The van der Waals surface area contributed by atoms with Gasteiger partial charge in [0.15, 0.2) is 5.78 Å². The summed E-state index contributed by atoms with van der Waals surface area (Å²) in [5.41, 5.74) is 7.22. The minimum absolute atomic E-state index is 0.0100. The maximum Gasteiger partial charge on any atom is 0.159 e. The van der Waals surface area contributed by atoms with Gasteiger partial charge in [0, 0.05) is 25.5 Å². The van der Waals surface area contributed by atoms with E-state index in [9.17, 15) is 4.79 Å². The number of ketones is 1. The smallest absolute Gasteiger partial charge is 0.159 e. The van der Waals surface area contributed by atoms with Crippen molar-refractivity contribution in [2.45, 2.75) is 16.7 Å². The third kappa shape index (κ3) is 3.35. The molecule has 20 heavy (non-hydrogen) atoms. The largest absolute Gasteiger partial charge is 0.497 e. The lowest BCUT2D eigenvalue weighted by Crippen LogP contribution is -1.96. The SMILES string of the molecule is COc1ccc(Br)c(Sc2ccc(C(C)=O)cc2N)c1. The number of methoxy groups -OCH3 is 1. The van der Waals surface area contributed by atoms with Gasteiger partial charge in [-0.15, -0.1) is 0 Å². The Bertz CT molecular complexity index is 658. The van der Waals surface area contributed by atoms with E-state index >= 15 is 0 Å². The van der Waals surface area contributed by atoms with Crippen LogP contribution in [0.2, 0.25) is 0 Å². The number of carbonyl (C=O) groups is 1. The zero-order valence-corrected chi connectivity index (χ0v) is 13.5. The van der Waals surface area contributed by atoms with E-state index in [0.717, 1.165) is 20.0 Å². The number of halogens is 1. The van der Waals surface area contributed by atoms with Crippen molar-refractivity contribution < 1.29 is 9.53 Å². The van der Waals surface area contributed by atoms with Crippen LogP contribution in [0.1, 0.15) is 17.3 Å². The summed E-state index contributed by atoms with van der Waals surface area (Å²) in [6.45, 7) is 1.53. The molecular weight excluding hydrogens is 338 g/mol. The van der Waals surface area contributed by atoms with Crippen molar-refractivity contribution in [1.29, 1.82) is 0 Å². The lowest BCUT2D eigenvalue weighted by molar-refractivity contribution is 0.101. The van der Waals surface area contributed by atoms with Gasteiger partial charge >= 0.3 is 0 Å². The second-order valence-electron chi connectivity index (χ2n) is 4.21. The molecule has 0 radical (unpaired) electrons. The van der Waals surface area contributed by atoms with E-state index in [1.165, 1.54) is 18.7 Å². The van der Waals surface area contributed by atoms with Crippen LogP contribution in [-0.4, -0.2) is 12.9 Å². The van der Waals surface area contributed by atoms with E-state index in [1.54, 1.807) is 19.2 Å². The van der Waals surface area contributed by atoms with Crippen LogP contribution in [-0.2, 0) is 0 Å². The van der Waals surface area contributed by atoms with Gasteiger partial charge in [-0.05, 0) is 53.2 Å². The summed E-state index contributed by atoms with van der Waals surface area (Å²) < 4.78 is 6.19. The second kappa shape index (κ2) is 6.33. The molecule has 0 unspecified atom stereocenters. The highest BCUT2D eigenvalue weighted by atomic mass is 79.9. The summed E-state index contributed by atoms with van der Waals surface area (Å²) in [5, 5.41) is 0. The molecule has 2 rings (SSSR count). The molecule has 3 nitrogen and oxygen atoms in total. The third-order valence-corrected chi connectivity index (χ3v) is 4.88. The minimum Gasteiger partial charge on any atom is -0.497 e. The van der Waals surface area contributed by atoms with Gasteiger partial charge in [-0.25, -0.2) is 0 Å². The van der Waals surface area contributed by atoms with Crippen molar-refractivity contribution >= 4 is 39.2 Å². The molecule has 2 aromatic carbocycles. The molecule has 5 heteroatoms. The summed E-state index contributed by atoms with van der Waals surface area (Å²) in [5.74, 6) is 0.797. The van der Waals surface area contributed by atoms with Crippen molar-refractivity contribution in [3.63, 3.8) is 0 Å². The van der Waals surface area contributed by atoms with Crippen LogP contribution < -0.4 is 10.5 Å². The molecule has 0 bridgehead atoms. The summed E-state index contributed by atoms with van der Waals surface area (Å²) >= 11 is 5.04. The van der Waals surface area contributed by atoms with Gasteiger partial charge in [-0.2, -0.15) is 0 Å². The Balaban J connectivity index is 2.32. The monoisotopic (exact) mass is 351 g/mol. The maximum atomic E-state index is 11.3. The van der Waals surface area contributed by atoms with Crippen molar-refractivity contribution in [2.24, 2.45) is 0 Å². The quantitative estimate of drug-likeness (QED) is 0.655. The summed E-state index contributed by atoms with van der Waals surface area (Å²) in [6, 6.07) is 11.1. The van der Waals surface area contributed by atoms with Crippen molar-refractivity contribution in [3.05, 3.63) is 46.4 Å². The lowest BCUT2D eigenvalue weighted by atomic mass is 10.1. The fourth-order valence-electron chi connectivity index (χ4n) is 1.67. The van der Waals surface area contributed by atoms with Gasteiger partial charge < -0.3 is 10.5 Å². The number of hydrogen-bond acceptors (Lipinski definition) is 4. The molecule has 0 aliphatic carbocycles. The summed E-state index contributed by atoms with van der Waals surface area (Å²) in [4.78, 5) is 13.2. The molecule has 0 saturated carbocycles. The first kappa shape index (κ1) is 14.9. The molecule has 2 N–H and O–H groups in total. The first-order valence-corrected chi connectivity index (χ1v) is 7.54. The highest BCUT2D eigenvalue weighted by molar-refractivity contribution is 9.10. The average Bonchev–Trinajstić information content (AvgIpc) is 2.43. The van der Waals surface area contributed by atoms with E-state index in [2.05, 4.69) is 15.9 Å². The Kier molecular flexibility index (Phi) is 4.73. The molecular formula is C15H14BrNO2S. The Morgan fingerprint density at radius 3 is 2.55 bits per heavy atom. The van der Waals surface area contributed by atoms with Crippen LogP contribution in [0.3, 0.4) is 0 Å². The molecule has 0 amide bonds. The summed E-state index contributed by atoms with van der Waals surface area (Å²) in [7, 11) is 1.63. The lowest BCUT2D eigenvalue weighted by Gasteiger charge is -2.09. The molecule has 0 heterocycles. The van der Waals surface area contributed by atoms with Gasteiger partial charge in [0.05, 0.1) is 7.11 Å². The first-order chi connectivity index (χ1) is 9.51. The zero-order chi connectivity index (χ0) is 14.7. The molecule has 0 fully saturated rings. The van der Waals surface area contributed by atoms with Crippen molar-refractivity contribution in [2.75, 3.05) is 12.8 Å². The molecule has 104 valence electrons. The fourth-order valence-corrected chi connectivity index (χ4v) is 3.05. The van der Waals surface area contributed by atoms with E-state index in [1.807, 2.05) is 24.3 Å². The predicted molar refractivity (Wildman–Crippen MR) is 85.7 cm³/mol. The Morgan fingerprint density at radius 1 is 1.20 bits per heavy atom. The van der Waals surface area contributed by atoms with E-state index in [4.69, 9.17) is 10.5 Å². The highest BCUT2D eigenvalue weighted by Crippen LogP contribution is 2.38. The topological polar surface area (TPSA) is 52.3 Å². The first-order valence-electron chi connectivity index (χ1n) is 5.93. The highest BCUT2D eigenvalue weighted by Gasteiger charge is 2.09. The van der Waals surface area contributed by atoms with E-state index in [0.29, 0.717) is 11.3 Å². The molecule has 0 saturated heterocycles. The molecule has 2 aromatic rings. The standard InChI is InChI=1S/C15H14BrNO2S/c1-9(18)10-3-6-14(13(17)7-10)20-15-8-11(19-2)4-5-12(15)16/h3-8H,17H2,1-2H3. The molecule has 0 aliphatic heterocycles. The number of hydrogen-bond donors (Lipinski definition) is 1. The third-order valence-electron chi connectivity index (χ3n) is 2.77. The van der Waals surface area contributed by atoms with Crippen LogP contribution >= 0.6 is 27.7 Å². The number of ether oxygens (including phenoxy) is 1. The number of carbonyl (C=O) groups excluding carboxylic acids is 1. The van der Waals surface area contributed by atoms with E-state index < -0.39 is 0 Å².